The van der Waals surface area contributed by atoms with Gasteiger partial charge in [0.2, 0.25) is 0 Å². The number of Topliss-reactive ketones (excluding diaryl/α,β-unsaturated/α-hetero) is 1. The van der Waals surface area contributed by atoms with Crippen LogP contribution in [-0.2, 0) is 10.4 Å². The summed E-state index contributed by atoms with van der Waals surface area (Å²) in [5, 5.41) is 11.7. The van der Waals surface area contributed by atoms with Gasteiger partial charge in [0.25, 0.3) is 0 Å². The molecule has 130 valence electrons. The lowest BCUT2D eigenvalue weighted by molar-refractivity contribution is -0.138. The number of hydrogen-bond acceptors (Lipinski definition) is 4. The van der Waals surface area contributed by atoms with Crippen molar-refractivity contribution in [2.24, 2.45) is 5.92 Å². The van der Waals surface area contributed by atoms with Crippen molar-refractivity contribution in [3.05, 3.63) is 34.9 Å². The number of carbonyl (C=O) groups excluding carboxylic acids is 1. The predicted molar refractivity (Wildman–Crippen MR) is 94.1 cm³/mol. The standard InChI is InChI=1S/C19H25ClN2O2/c20-16-3-1-15(2-4-16)19(24)7-11-21(12-8-19)13-17-18(23)14-5-9-22(17)10-6-14/h1-4,14,17,24H,5-13H2. The lowest BCUT2D eigenvalue weighted by atomic mass is 9.81. The van der Waals surface area contributed by atoms with Crippen LogP contribution in [0.1, 0.15) is 31.2 Å². The second kappa shape index (κ2) is 6.41. The first kappa shape index (κ1) is 16.5. The fraction of sp³-hybridized carbons (Fsp3) is 0.632. The Morgan fingerprint density at radius 3 is 2.29 bits per heavy atom. The molecule has 4 saturated heterocycles. The number of hydrogen-bond donors (Lipinski definition) is 1. The van der Waals surface area contributed by atoms with Gasteiger partial charge in [0, 0.05) is 30.6 Å². The van der Waals surface area contributed by atoms with Crippen LogP contribution >= 0.6 is 11.6 Å². The van der Waals surface area contributed by atoms with Crippen molar-refractivity contribution in [3.63, 3.8) is 0 Å². The van der Waals surface area contributed by atoms with Crippen molar-refractivity contribution in [2.45, 2.75) is 37.3 Å². The van der Waals surface area contributed by atoms with Gasteiger partial charge in [-0.25, -0.2) is 0 Å². The summed E-state index contributed by atoms with van der Waals surface area (Å²) in [7, 11) is 0. The molecule has 5 rings (SSSR count). The van der Waals surface area contributed by atoms with Crippen LogP contribution in [0.25, 0.3) is 0 Å². The lowest BCUT2D eigenvalue weighted by Crippen LogP contribution is -2.60. The molecular formula is C19H25ClN2O2. The van der Waals surface area contributed by atoms with E-state index in [2.05, 4.69) is 9.80 Å². The molecule has 5 heteroatoms. The number of halogens is 1. The molecule has 4 fully saturated rings. The van der Waals surface area contributed by atoms with E-state index in [1.165, 1.54) is 0 Å². The molecular weight excluding hydrogens is 324 g/mol. The van der Waals surface area contributed by atoms with E-state index < -0.39 is 5.60 Å². The molecule has 1 aromatic rings. The van der Waals surface area contributed by atoms with E-state index >= 15 is 0 Å². The topological polar surface area (TPSA) is 43.8 Å². The minimum absolute atomic E-state index is 0.0826. The molecule has 0 saturated carbocycles. The van der Waals surface area contributed by atoms with E-state index in [1.54, 1.807) is 0 Å². The van der Waals surface area contributed by atoms with E-state index in [9.17, 15) is 9.90 Å². The first-order valence-electron chi connectivity index (χ1n) is 9.04. The Morgan fingerprint density at radius 1 is 1.08 bits per heavy atom. The molecule has 4 aliphatic rings. The van der Waals surface area contributed by atoms with Gasteiger partial charge < -0.3 is 10.0 Å². The van der Waals surface area contributed by atoms with E-state index in [1.807, 2.05) is 24.3 Å². The summed E-state index contributed by atoms with van der Waals surface area (Å²) in [4.78, 5) is 17.2. The summed E-state index contributed by atoms with van der Waals surface area (Å²) in [5.74, 6) is 0.752. The van der Waals surface area contributed by atoms with Gasteiger partial charge in [-0.15, -0.1) is 0 Å². The monoisotopic (exact) mass is 348 g/mol. The highest BCUT2D eigenvalue weighted by Gasteiger charge is 2.42. The normalized spacial score (nSPS) is 32.9. The van der Waals surface area contributed by atoms with Crippen molar-refractivity contribution in [3.8, 4) is 0 Å². The van der Waals surface area contributed by atoms with E-state index in [0.717, 1.165) is 51.1 Å². The van der Waals surface area contributed by atoms with E-state index in [-0.39, 0.29) is 6.04 Å². The Morgan fingerprint density at radius 2 is 1.71 bits per heavy atom. The van der Waals surface area contributed by atoms with Crippen molar-refractivity contribution in [1.82, 2.24) is 9.80 Å². The van der Waals surface area contributed by atoms with Gasteiger partial charge in [0.05, 0.1) is 11.6 Å². The van der Waals surface area contributed by atoms with Crippen molar-refractivity contribution < 1.29 is 9.90 Å². The fourth-order valence-electron chi connectivity index (χ4n) is 4.55. The molecule has 0 radical (unpaired) electrons. The summed E-state index contributed by atoms with van der Waals surface area (Å²) in [6, 6.07) is 7.61. The molecule has 24 heavy (non-hydrogen) atoms. The minimum atomic E-state index is -0.767. The highest BCUT2D eigenvalue weighted by Crippen LogP contribution is 2.35. The van der Waals surface area contributed by atoms with Gasteiger partial charge in [-0.1, -0.05) is 23.7 Å². The van der Waals surface area contributed by atoms with Gasteiger partial charge in [0.1, 0.15) is 0 Å². The van der Waals surface area contributed by atoms with Gasteiger partial charge in [-0.2, -0.15) is 0 Å². The number of benzene rings is 1. The first-order valence-corrected chi connectivity index (χ1v) is 9.41. The zero-order valence-electron chi connectivity index (χ0n) is 14.0. The molecule has 1 N–H and O–H groups in total. The Hall–Kier alpha value is -0.940. The van der Waals surface area contributed by atoms with Crippen LogP contribution in [0.2, 0.25) is 5.02 Å². The molecule has 0 spiro atoms. The largest absolute Gasteiger partial charge is 0.385 e. The molecule has 1 aromatic carbocycles. The molecule has 0 aromatic heterocycles. The number of likely N-dealkylation sites (tertiary alicyclic amines) is 1. The summed E-state index contributed by atoms with van der Waals surface area (Å²) >= 11 is 5.95. The average Bonchev–Trinajstić information content (AvgIpc) is 2.61. The summed E-state index contributed by atoms with van der Waals surface area (Å²) < 4.78 is 0. The van der Waals surface area contributed by atoms with Crippen LogP contribution < -0.4 is 0 Å². The van der Waals surface area contributed by atoms with E-state index in [0.29, 0.717) is 29.6 Å². The smallest absolute Gasteiger partial charge is 0.154 e. The number of rotatable bonds is 3. The zero-order valence-corrected chi connectivity index (χ0v) is 14.7. The molecule has 4 nitrogen and oxygen atoms in total. The molecule has 0 aliphatic carbocycles. The highest BCUT2D eigenvalue weighted by molar-refractivity contribution is 6.30. The summed E-state index contributed by atoms with van der Waals surface area (Å²) in [6.45, 7) is 4.64. The molecule has 4 heterocycles. The maximum atomic E-state index is 12.5. The molecule has 4 aliphatic heterocycles. The fourth-order valence-corrected chi connectivity index (χ4v) is 4.68. The number of piperidine rings is 4. The molecule has 2 bridgehead atoms. The Kier molecular flexibility index (Phi) is 4.42. The number of nitrogens with zero attached hydrogens (tertiary/aromatic N) is 2. The SMILES string of the molecule is O=C1C2CCN(CC2)C1CN1CCC(O)(c2ccc(Cl)cc2)CC1. The van der Waals surface area contributed by atoms with Gasteiger partial charge in [0.15, 0.2) is 5.78 Å². The van der Waals surface area contributed by atoms with Gasteiger partial charge >= 0.3 is 0 Å². The van der Waals surface area contributed by atoms with Crippen LogP contribution in [0, 0.1) is 5.92 Å². The zero-order chi connectivity index (χ0) is 16.7. The number of fused-ring (bicyclic) bond motifs is 3. The number of aliphatic hydroxyl groups is 1. The third kappa shape index (κ3) is 3.01. The summed E-state index contributed by atoms with van der Waals surface area (Å²) in [5.41, 5.74) is 0.180. The van der Waals surface area contributed by atoms with Crippen LogP contribution in [0.15, 0.2) is 24.3 Å². The third-order valence-electron chi connectivity index (χ3n) is 6.20. The Balaban J connectivity index is 1.38. The maximum absolute atomic E-state index is 12.5. The van der Waals surface area contributed by atoms with Crippen LogP contribution in [-0.4, -0.2) is 59.5 Å². The molecule has 1 unspecified atom stereocenters. The highest BCUT2D eigenvalue weighted by atomic mass is 35.5. The van der Waals surface area contributed by atoms with Crippen molar-refractivity contribution in [2.75, 3.05) is 32.7 Å². The first-order chi connectivity index (χ1) is 11.5. The average molecular weight is 349 g/mol. The third-order valence-corrected chi connectivity index (χ3v) is 6.45. The second-order valence-corrected chi connectivity index (χ2v) is 8.00. The number of ketones is 1. The number of carbonyl (C=O) groups is 1. The molecule has 0 amide bonds. The van der Waals surface area contributed by atoms with E-state index in [4.69, 9.17) is 11.6 Å². The quantitative estimate of drug-likeness (QED) is 0.910. The second-order valence-electron chi connectivity index (χ2n) is 7.57. The van der Waals surface area contributed by atoms with Crippen LogP contribution in [0.3, 0.4) is 0 Å². The van der Waals surface area contributed by atoms with Gasteiger partial charge in [-0.3, -0.25) is 9.69 Å². The minimum Gasteiger partial charge on any atom is -0.385 e. The van der Waals surface area contributed by atoms with Crippen LogP contribution in [0.4, 0.5) is 0 Å². The van der Waals surface area contributed by atoms with Crippen molar-refractivity contribution in [1.29, 1.82) is 0 Å². The van der Waals surface area contributed by atoms with Crippen molar-refractivity contribution >= 4 is 17.4 Å². The van der Waals surface area contributed by atoms with Gasteiger partial charge in [-0.05, 0) is 56.5 Å². The lowest BCUT2D eigenvalue weighted by Gasteiger charge is -2.47. The maximum Gasteiger partial charge on any atom is 0.154 e. The predicted octanol–water partition coefficient (Wildman–Crippen LogP) is 2.29. The molecule has 1 atom stereocenters. The van der Waals surface area contributed by atoms with Crippen LogP contribution in [0.5, 0.6) is 0 Å². The Bertz CT molecular complexity index is 602. The Labute approximate surface area is 148 Å². The summed E-state index contributed by atoms with van der Waals surface area (Å²) in [6.07, 6.45) is 3.51.